The highest BCUT2D eigenvalue weighted by atomic mass is 16.9. The van der Waals surface area contributed by atoms with E-state index in [1.165, 1.54) is 56.7 Å². The second-order valence-electron chi connectivity index (χ2n) is 8.32. The molecule has 6 nitrogen and oxygen atoms in total. The summed E-state index contributed by atoms with van der Waals surface area (Å²) in [6, 6.07) is 5.83. The fourth-order valence-electron chi connectivity index (χ4n) is 3.44. The Kier molecular flexibility index (Phi) is 14.7. The van der Waals surface area contributed by atoms with E-state index >= 15 is 0 Å². The van der Waals surface area contributed by atoms with Crippen LogP contribution < -0.4 is 5.11 Å². The molecule has 0 aliphatic carbocycles. The number of esters is 1. The lowest BCUT2D eigenvalue weighted by molar-refractivity contribution is -0.345. The maximum atomic E-state index is 12.7. The van der Waals surface area contributed by atoms with Crippen LogP contribution in [0.3, 0.4) is 0 Å². The van der Waals surface area contributed by atoms with Crippen LogP contribution in [0.4, 0.5) is 0 Å². The molecular weight excluding hydrogens is 408 g/mol. The zero-order valence-electron chi connectivity index (χ0n) is 20.2. The lowest BCUT2D eigenvalue weighted by Crippen LogP contribution is -2.39. The Morgan fingerprint density at radius 3 is 1.66 bits per heavy atom. The monoisotopic (exact) mass is 449 g/mol. The SMILES string of the molecule is CCCCCCCCOC(C)(OCCCCCCCC)OC(=O)c1ccccc1C(=O)[O-]. The van der Waals surface area contributed by atoms with Crippen molar-refractivity contribution in [2.45, 2.75) is 104 Å². The summed E-state index contributed by atoms with van der Waals surface area (Å²) >= 11 is 0. The van der Waals surface area contributed by atoms with Gasteiger partial charge in [0.25, 0.3) is 0 Å². The highest BCUT2D eigenvalue weighted by Gasteiger charge is 2.32. The molecule has 0 fully saturated rings. The molecule has 0 unspecified atom stereocenters. The lowest BCUT2D eigenvalue weighted by Gasteiger charge is -2.29. The third-order valence-corrected chi connectivity index (χ3v) is 5.37. The summed E-state index contributed by atoms with van der Waals surface area (Å²) in [4.78, 5) is 24.1. The second-order valence-corrected chi connectivity index (χ2v) is 8.32. The van der Waals surface area contributed by atoms with E-state index in [1.807, 2.05) is 0 Å². The van der Waals surface area contributed by atoms with E-state index in [0.29, 0.717) is 13.2 Å². The Bertz CT molecular complexity index is 639. The van der Waals surface area contributed by atoms with Crippen LogP contribution in [0.1, 0.15) is 119 Å². The lowest BCUT2D eigenvalue weighted by atomic mass is 10.1. The van der Waals surface area contributed by atoms with E-state index in [0.717, 1.165) is 38.5 Å². The number of ether oxygens (including phenoxy) is 3. The summed E-state index contributed by atoms with van der Waals surface area (Å²) in [7, 11) is 0. The van der Waals surface area contributed by atoms with Crippen molar-refractivity contribution >= 4 is 11.9 Å². The van der Waals surface area contributed by atoms with Crippen LogP contribution in [-0.2, 0) is 14.2 Å². The fraction of sp³-hybridized carbons (Fsp3) is 0.692. The Hall–Kier alpha value is -1.92. The number of unbranched alkanes of at least 4 members (excludes halogenated alkanes) is 10. The average molecular weight is 450 g/mol. The number of carbonyl (C=O) groups excluding carboxylic acids is 2. The van der Waals surface area contributed by atoms with E-state index < -0.39 is 17.9 Å². The Balaban J connectivity index is 2.65. The number of hydrogen-bond donors (Lipinski definition) is 0. The number of aromatic carboxylic acids is 1. The summed E-state index contributed by atoms with van der Waals surface area (Å²) in [5.74, 6) is -3.80. The largest absolute Gasteiger partial charge is 0.545 e. The molecule has 0 N–H and O–H groups in total. The van der Waals surface area contributed by atoms with Gasteiger partial charge in [-0.3, -0.25) is 0 Å². The maximum absolute atomic E-state index is 12.7. The first kappa shape index (κ1) is 28.1. The first-order valence-corrected chi connectivity index (χ1v) is 12.2. The summed E-state index contributed by atoms with van der Waals surface area (Å²) in [5, 5.41) is 11.3. The van der Waals surface area contributed by atoms with E-state index in [2.05, 4.69) is 13.8 Å². The molecule has 1 aromatic rings. The molecule has 0 bridgehead atoms. The van der Waals surface area contributed by atoms with Crippen LogP contribution in [0.15, 0.2) is 24.3 Å². The molecule has 0 saturated heterocycles. The molecule has 0 aromatic heterocycles. The van der Waals surface area contributed by atoms with Gasteiger partial charge in [-0.15, -0.1) is 0 Å². The van der Waals surface area contributed by atoms with Gasteiger partial charge in [-0.05, 0) is 18.9 Å². The molecule has 0 heterocycles. The Morgan fingerprint density at radius 2 is 1.19 bits per heavy atom. The predicted octanol–water partition coefficient (Wildman–Crippen LogP) is 5.63. The fourth-order valence-corrected chi connectivity index (χ4v) is 3.44. The molecule has 1 aromatic carbocycles. The number of carboxylic acids is 1. The molecule has 0 atom stereocenters. The smallest absolute Gasteiger partial charge is 0.343 e. The minimum atomic E-state index is -1.57. The van der Waals surface area contributed by atoms with Gasteiger partial charge in [0, 0.05) is 12.5 Å². The van der Waals surface area contributed by atoms with Gasteiger partial charge in [-0.2, -0.15) is 0 Å². The van der Waals surface area contributed by atoms with E-state index in [1.54, 1.807) is 13.0 Å². The number of hydrogen-bond acceptors (Lipinski definition) is 6. The number of carboxylic acid groups (broad SMARTS) is 1. The molecule has 1 rings (SSSR count). The minimum absolute atomic E-state index is 0.0787. The second kappa shape index (κ2) is 16.7. The van der Waals surface area contributed by atoms with Crippen molar-refractivity contribution in [2.24, 2.45) is 0 Å². The zero-order chi connectivity index (χ0) is 23.7. The van der Waals surface area contributed by atoms with Gasteiger partial charge in [0.2, 0.25) is 0 Å². The number of carbonyl (C=O) groups is 2. The van der Waals surface area contributed by atoms with Crippen LogP contribution >= 0.6 is 0 Å². The average Bonchev–Trinajstić information content (AvgIpc) is 2.78. The van der Waals surface area contributed by atoms with Crippen molar-refractivity contribution in [1.29, 1.82) is 0 Å². The van der Waals surface area contributed by atoms with Crippen molar-refractivity contribution < 1.29 is 28.9 Å². The maximum Gasteiger partial charge on any atom is 0.343 e. The Labute approximate surface area is 193 Å². The number of benzene rings is 1. The first-order valence-electron chi connectivity index (χ1n) is 12.2. The summed E-state index contributed by atoms with van der Waals surface area (Å²) in [6.45, 7) is 6.73. The van der Waals surface area contributed by atoms with Crippen LogP contribution in [0.2, 0.25) is 0 Å². The van der Waals surface area contributed by atoms with Gasteiger partial charge in [0.05, 0.1) is 24.7 Å². The van der Waals surface area contributed by atoms with Gasteiger partial charge in [-0.1, -0.05) is 96.3 Å². The molecule has 0 saturated carbocycles. The molecule has 0 aliphatic heterocycles. The Morgan fingerprint density at radius 1 is 0.750 bits per heavy atom. The van der Waals surface area contributed by atoms with Gasteiger partial charge in [0.1, 0.15) is 0 Å². The molecule has 0 radical (unpaired) electrons. The predicted molar refractivity (Wildman–Crippen MR) is 123 cm³/mol. The normalized spacial score (nSPS) is 11.5. The number of rotatable bonds is 19. The van der Waals surface area contributed by atoms with Gasteiger partial charge >= 0.3 is 11.9 Å². The van der Waals surface area contributed by atoms with Crippen molar-refractivity contribution in [3.63, 3.8) is 0 Å². The summed E-state index contributed by atoms with van der Waals surface area (Å²) < 4.78 is 17.2. The minimum Gasteiger partial charge on any atom is -0.545 e. The molecule has 32 heavy (non-hydrogen) atoms. The molecule has 0 amide bonds. The van der Waals surface area contributed by atoms with Crippen molar-refractivity contribution in [1.82, 2.24) is 0 Å². The molecule has 0 aliphatic rings. The van der Waals surface area contributed by atoms with Crippen molar-refractivity contribution in [3.8, 4) is 0 Å². The topological polar surface area (TPSA) is 84.9 Å². The highest BCUT2D eigenvalue weighted by Crippen LogP contribution is 2.21. The van der Waals surface area contributed by atoms with Gasteiger partial charge in [-0.25, -0.2) is 4.79 Å². The highest BCUT2D eigenvalue weighted by molar-refractivity contribution is 6.01. The molecule has 6 heteroatoms. The zero-order valence-corrected chi connectivity index (χ0v) is 20.2. The third kappa shape index (κ3) is 11.6. The van der Waals surface area contributed by atoms with Crippen molar-refractivity contribution in [2.75, 3.05) is 13.2 Å². The van der Waals surface area contributed by atoms with E-state index in [9.17, 15) is 14.7 Å². The molecule has 0 spiro atoms. The van der Waals surface area contributed by atoms with E-state index in [-0.39, 0.29) is 11.1 Å². The van der Waals surface area contributed by atoms with Crippen LogP contribution in [-0.4, -0.2) is 31.1 Å². The van der Waals surface area contributed by atoms with Crippen molar-refractivity contribution in [3.05, 3.63) is 35.4 Å². The van der Waals surface area contributed by atoms with Crippen LogP contribution in [0.5, 0.6) is 0 Å². The van der Waals surface area contributed by atoms with Crippen LogP contribution in [0, 0.1) is 0 Å². The summed E-state index contributed by atoms with van der Waals surface area (Å²) in [6.07, 6.45) is 13.3. The quantitative estimate of drug-likeness (QED) is 0.154. The molecular formula is C26H41O6-. The van der Waals surface area contributed by atoms with Crippen LogP contribution in [0.25, 0.3) is 0 Å². The van der Waals surface area contributed by atoms with E-state index in [4.69, 9.17) is 14.2 Å². The molecule has 182 valence electrons. The standard InChI is InChI=1S/C26H42O6/c1-4-6-8-10-12-16-20-30-26(3,31-21-17-13-11-9-7-5-2)32-25(29)23-19-15-14-18-22(23)24(27)28/h14-15,18-19H,4-13,16-17,20-21H2,1-3H3,(H,27,28)/p-1. The van der Waals surface area contributed by atoms with Gasteiger partial charge in [0.15, 0.2) is 0 Å². The van der Waals surface area contributed by atoms with Gasteiger partial charge < -0.3 is 24.1 Å². The first-order chi connectivity index (χ1) is 15.4. The third-order valence-electron chi connectivity index (χ3n) is 5.37. The summed E-state index contributed by atoms with van der Waals surface area (Å²) in [5.41, 5.74) is -0.295.